The molecule has 106 valence electrons. The second kappa shape index (κ2) is 5.82. The number of rotatable bonds is 3. The van der Waals surface area contributed by atoms with Crippen molar-refractivity contribution in [1.29, 1.82) is 0 Å². The van der Waals surface area contributed by atoms with E-state index in [1.807, 2.05) is 0 Å². The molecule has 2 aromatic rings. The van der Waals surface area contributed by atoms with E-state index in [0.29, 0.717) is 21.3 Å². The molecule has 0 saturated heterocycles. The van der Waals surface area contributed by atoms with Gasteiger partial charge in [-0.15, -0.1) is 0 Å². The fourth-order valence-corrected chi connectivity index (χ4v) is 4.15. The van der Waals surface area contributed by atoms with E-state index in [-0.39, 0.29) is 15.7 Å². The maximum Gasteiger partial charge on any atom is 0.184 e. The van der Waals surface area contributed by atoms with Crippen molar-refractivity contribution in [2.24, 2.45) is 0 Å². The van der Waals surface area contributed by atoms with Crippen LogP contribution in [0.3, 0.4) is 0 Å². The van der Waals surface area contributed by atoms with Gasteiger partial charge in [-0.1, -0.05) is 34.8 Å². The molecule has 2 N–H and O–H groups in total. The molecule has 3 nitrogen and oxygen atoms in total. The highest BCUT2D eigenvalue weighted by Crippen LogP contribution is 2.29. The van der Waals surface area contributed by atoms with E-state index in [2.05, 4.69) is 0 Å². The molecule has 0 aromatic heterocycles. The average molecular weight is 351 g/mol. The average Bonchev–Trinajstić information content (AvgIpc) is 2.36. The molecule has 0 aliphatic heterocycles. The Bertz CT molecular complexity index is 760. The molecule has 0 unspecified atom stereocenters. The maximum atomic E-state index is 12.4. The molecule has 0 spiro atoms. The van der Waals surface area contributed by atoms with Crippen molar-refractivity contribution >= 4 is 50.3 Å². The summed E-state index contributed by atoms with van der Waals surface area (Å²) in [5, 5.41) is 0.752. The number of benzene rings is 2. The Morgan fingerprint density at radius 3 is 2.30 bits per heavy atom. The van der Waals surface area contributed by atoms with Gasteiger partial charge in [0.1, 0.15) is 0 Å². The summed E-state index contributed by atoms with van der Waals surface area (Å²) in [7, 11) is -3.66. The number of hydrogen-bond donors (Lipinski definition) is 1. The summed E-state index contributed by atoms with van der Waals surface area (Å²) < 4.78 is 24.8. The van der Waals surface area contributed by atoms with Gasteiger partial charge >= 0.3 is 0 Å². The first-order chi connectivity index (χ1) is 9.29. The fraction of sp³-hybridized carbons (Fsp3) is 0.0769. The monoisotopic (exact) mass is 349 g/mol. The Morgan fingerprint density at radius 2 is 1.60 bits per heavy atom. The summed E-state index contributed by atoms with van der Waals surface area (Å²) in [5.41, 5.74) is 6.50. The molecule has 2 rings (SSSR count). The van der Waals surface area contributed by atoms with E-state index < -0.39 is 9.84 Å². The van der Waals surface area contributed by atoms with Crippen LogP contribution in [0.4, 0.5) is 5.69 Å². The SMILES string of the molecule is Nc1ccc(Cl)c(CS(=O)(=O)c2cc(Cl)ccc2Cl)c1. The van der Waals surface area contributed by atoms with Crippen molar-refractivity contribution in [3.05, 3.63) is 57.0 Å². The zero-order valence-electron chi connectivity index (χ0n) is 10.1. The molecule has 0 atom stereocenters. The fourth-order valence-electron chi connectivity index (χ4n) is 1.70. The lowest BCUT2D eigenvalue weighted by Crippen LogP contribution is -2.06. The second-order valence-electron chi connectivity index (χ2n) is 4.18. The largest absolute Gasteiger partial charge is 0.399 e. The third-order valence-electron chi connectivity index (χ3n) is 2.64. The summed E-state index contributed by atoms with van der Waals surface area (Å²) in [6, 6.07) is 8.97. The van der Waals surface area contributed by atoms with Crippen LogP contribution in [0.5, 0.6) is 0 Å². The second-order valence-corrected chi connectivity index (χ2v) is 7.39. The first-order valence-corrected chi connectivity index (χ1v) is 8.30. The van der Waals surface area contributed by atoms with Gasteiger partial charge in [0, 0.05) is 15.7 Å². The third kappa shape index (κ3) is 3.38. The number of sulfone groups is 1. The van der Waals surface area contributed by atoms with E-state index >= 15 is 0 Å². The Balaban J connectivity index is 2.46. The van der Waals surface area contributed by atoms with Gasteiger partial charge in [0.2, 0.25) is 0 Å². The highest BCUT2D eigenvalue weighted by molar-refractivity contribution is 7.90. The van der Waals surface area contributed by atoms with Crippen LogP contribution in [0.2, 0.25) is 15.1 Å². The van der Waals surface area contributed by atoms with Crippen molar-refractivity contribution in [3.63, 3.8) is 0 Å². The van der Waals surface area contributed by atoms with Crippen LogP contribution in [0.1, 0.15) is 5.56 Å². The number of halogens is 3. The van der Waals surface area contributed by atoms with Gasteiger partial charge in [0.05, 0.1) is 15.7 Å². The molecule has 0 saturated carbocycles. The van der Waals surface area contributed by atoms with Gasteiger partial charge in [-0.3, -0.25) is 0 Å². The van der Waals surface area contributed by atoms with Crippen molar-refractivity contribution in [3.8, 4) is 0 Å². The molecular formula is C13H10Cl3NO2S. The third-order valence-corrected chi connectivity index (χ3v) is 5.39. The van der Waals surface area contributed by atoms with Crippen LogP contribution < -0.4 is 5.73 Å². The van der Waals surface area contributed by atoms with E-state index in [4.69, 9.17) is 40.5 Å². The van der Waals surface area contributed by atoms with E-state index in [1.165, 1.54) is 24.3 Å². The Labute approximate surface area is 132 Å². The van der Waals surface area contributed by atoms with Gasteiger partial charge in [-0.05, 0) is 42.0 Å². The molecule has 0 aliphatic rings. The molecule has 2 aromatic carbocycles. The van der Waals surface area contributed by atoms with E-state index in [1.54, 1.807) is 12.1 Å². The predicted molar refractivity (Wildman–Crippen MR) is 83.2 cm³/mol. The topological polar surface area (TPSA) is 60.2 Å². The summed E-state index contributed by atoms with van der Waals surface area (Å²) in [5.74, 6) is -0.295. The molecule has 0 bridgehead atoms. The lowest BCUT2D eigenvalue weighted by atomic mass is 10.2. The summed E-state index contributed by atoms with van der Waals surface area (Å²) in [6.45, 7) is 0. The molecule has 20 heavy (non-hydrogen) atoms. The minimum absolute atomic E-state index is 0.0230. The van der Waals surface area contributed by atoms with E-state index in [9.17, 15) is 8.42 Å². The van der Waals surface area contributed by atoms with Crippen LogP contribution >= 0.6 is 34.8 Å². The summed E-state index contributed by atoms with van der Waals surface area (Å²) in [4.78, 5) is -0.0230. The van der Waals surface area contributed by atoms with Crippen molar-refractivity contribution in [1.82, 2.24) is 0 Å². The molecule has 0 radical (unpaired) electrons. The minimum atomic E-state index is -3.66. The van der Waals surface area contributed by atoms with Gasteiger partial charge < -0.3 is 5.73 Å². The molecule has 0 aliphatic carbocycles. The smallest absolute Gasteiger partial charge is 0.184 e. The Morgan fingerprint density at radius 1 is 0.950 bits per heavy atom. The van der Waals surface area contributed by atoms with Crippen LogP contribution in [0.25, 0.3) is 0 Å². The zero-order valence-corrected chi connectivity index (χ0v) is 13.2. The van der Waals surface area contributed by atoms with Crippen LogP contribution in [-0.4, -0.2) is 8.42 Å². The summed E-state index contributed by atoms with van der Waals surface area (Å²) in [6.07, 6.45) is 0. The lowest BCUT2D eigenvalue weighted by molar-refractivity contribution is 0.595. The summed E-state index contributed by atoms with van der Waals surface area (Å²) >= 11 is 17.7. The Hall–Kier alpha value is -0.940. The standard InChI is InChI=1S/C13H10Cl3NO2S/c14-9-1-3-12(16)13(6-9)20(18,19)7-8-5-10(17)2-4-11(8)15/h1-6H,7,17H2. The van der Waals surface area contributed by atoms with E-state index in [0.717, 1.165) is 0 Å². The molecule has 0 amide bonds. The number of hydrogen-bond acceptors (Lipinski definition) is 3. The van der Waals surface area contributed by atoms with Crippen molar-refractivity contribution < 1.29 is 8.42 Å². The Kier molecular flexibility index (Phi) is 4.49. The number of nitrogen functional groups attached to an aromatic ring is 1. The zero-order chi connectivity index (χ0) is 14.9. The molecule has 0 heterocycles. The predicted octanol–water partition coefficient (Wildman–Crippen LogP) is 4.20. The quantitative estimate of drug-likeness (QED) is 0.844. The first-order valence-electron chi connectivity index (χ1n) is 5.51. The highest BCUT2D eigenvalue weighted by atomic mass is 35.5. The van der Waals surface area contributed by atoms with Gasteiger partial charge in [-0.25, -0.2) is 8.42 Å². The van der Waals surface area contributed by atoms with Crippen molar-refractivity contribution in [2.45, 2.75) is 10.6 Å². The minimum Gasteiger partial charge on any atom is -0.399 e. The van der Waals surface area contributed by atoms with Gasteiger partial charge in [-0.2, -0.15) is 0 Å². The number of anilines is 1. The first kappa shape index (κ1) is 15.4. The normalized spacial score (nSPS) is 11.6. The molecule has 0 fully saturated rings. The van der Waals surface area contributed by atoms with Gasteiger partial charge in [0.25, 0.3) is 0 Å². The van der Waals surface area contributed by atoms with Crippen LogP contribution in [-0.2, 0) is 15.6 Å². The van der Waals surface area contributed by atoms with Gasteiger partial charge in [0.15, 0.2) is 9.84 Å². The molecular weight excluding hydrogens is 341 g/mol. The highest BCUT2D eigenvalue weighted by Gasteiger charge is 2.20. The molecule has 7 heteroatoms. The van der Waals surface area contributed by atoms with Crippen molar-refractivity contribution in [2.75, 3.05) is 5.73 Å². The van der Waals surface area contributed by atoms with Crippen LogP contribution in [0.15, 0.2) is 41.3 Å². The number of nitrogens with two attached hydrogens (primary N) is 1. The maximum absolute atomic E-state index is 12.4. The lowest BCUT2D eigenvalue weighted by Gasteiger charge is -2.09. The van der Waals surface area contributed by atoms with Crippen LogP contribution in [0, 0.1) is 0 Å².